The minimum atomic E-state index is -0.0269. The second-order valence-corrected chi connectivity index (χ2v) is 6.16. The van der Waals surface area contributed by atoms with Gasteiger partial charge in [0.05, 0.1) is 0 Å². The molecule has 1 aliphatic heterocycles. The highest BCUT2D eigenvalue weighted by molar-refractivity contribution is 5.93. The van der Waals surface area contributed by atoms with Crippen LogP contribution in [0.3, 0.4) is 0 Å². The van der Waals surface area contributed by atoms with E-state index in [1.165, 1.54) is 11.9 Å². The van der Waals surface area contributed by atoms with Gasteiger partial charge in [0.15, 0.2) is 0 Å². The normalized spacial score (nSPS) is 16.7. The van der Waals surface area contributed by atoms with Gasteiger partial charge in [-0.25, -0.2) is 9.97 Å². The Bertz CT molecular complexity index is 683. The minimum Gasteiger partial charge on any atom is -0.363 e. The van der Waals surface area contributed by atoms with E-state index in [-0.39, 0.29) is 11.9 Å². The van der Waals surface area contributed by atoms with Crippen LogP contribution in [0.5, 0.6) is 0 Å². The molecule has 0 aliphatic carbocycles. The summed E-state index contributed by atoms with van der Waals surface area (Å²) in [6.07, 6.45) is 1.45. The summed E-state index contributed by atoms with van der Waals surface area (Å²) in [6.45, 7) is 5.34. The van der Waals surface area contributed by atoms with E-state index in [1.54, 1.807) is 6.07 Å². The number of hydrogen-bond acceptors (Lipinski definition) is 5. The summed E-state index contributed by atoms with van der Waals surface area (Å²) in [6, 6.07) is 12.0. The molecule has 2 heterocycles. The number of nitrogens with one attached hydrogen (secondary N) is 1. The van der Waals surface area contributed by atoms with Crippen LogP contribution in [0.25, 0.3) is 0 Å². The zero-order chi connectivity index (χ0) is 16.9. The second kappa shape index (κ2) is 7.40. The lowest BCUT2D eigenvalue weighted by atomic mass is 10.1. The summed E-state index contributed by atoms with van der Waals surface area (Å²) in [5.74, 6) is 0.639. The van der Waals surface area contributed by atoms with Crippen molar-refractivity contribution in [2.75, 3.05) is 38.5 Å². The van der Waals surface area contributed by atoms with Crippen LogP contribution in [-0.2, 0) is 0 Å². The number of rotatable bonds is 4. The van der Waals surface area contributed by atoms with Gasteiger partial charge in [0.25, 0.3) is 5.91 Å². The maximum Gasteiger partial charge on any atom is 0.272 e. The first-order valence-electron chi connectivity index (χ1n) is 8.25. The van der Waals surface area contributed by atoms with Crippen molar-refractivity contribution in [1.29, 1.82) is 0 Å². The Balaban J connectivity index is 1.69. The average molecular weight is 325 g/mol. The van der Waals surface area contributed by atoms with Crippen molar-refractivity contribution in [3.05, 3.63) is 54.0 Å². The Kier molecular flexibility index (Phi) is 5.05. The molecule has 126 valence electrons. The van der Waals surface area contributed by atoms with Gasteiger partial charge in [-0.2, -0.15) is 0 Å². The van der Waals surface area contributed by atoms with Crippen molar-refractivity contribution in [3.8, 4) is 0 Å². The molecule has 0 radical (unpaired) electrons. The molecule has 1 aromatic carbocycles. The number of nitrogens with zero attached hydrogens (tertiary/aromatic N) is 4. The van der Waals surface area contributed by atoms with Crippen LogP contribution in [0.15, 0.2) is 42.7 Å². The monoisotopic (exact) mass is 325 g/mol. The van der Waals surface area contributed by atoms with Gasteiger partial charge in [0.2, 0.25) is 0 Å². The summed E-state index contributed by atoms with van der Waals surface area (Å²) in [7, 11) is 2.07. The number of piperazine rings is 1. The largest absolute Gasteiger partial charge is 0.363 e. The van der Waals surface area contributed by atoms with Gasteiger partial charge in [-0.05, 0) is 19.5 Å². The highest BCUT2D eigenvalue weighted by atomic mass is 16.2. The maximum absolute atomic E-state index is 12.6. The number of hydrogen-bond donors (Lipinski definition) is 1. The molecule has 0 saturated carbocycles. The number of amides is 1. The fourth-order valence-corrected chi connectivity index (χ4v) is 2.77. The zero-order valence-electron chi connectivity index (χ0n) is 14.1. The van der Waals surface area contributed by atoms with Crippen LogP contribution >= 0.6 is 0 Å². The molecule has 3 rings (SSSR count). The highest BCUT2D eigenvalue weighted by Gasteiger charge is 2.21. The van der Waals surface area contributed by atoms with Gasteiger partial charge in [0.1, 0.15) is 17.8 Å². The van der Waals surface area contributed by atoms with Crippen molar-refractivity contribution in [1.82, 2.24) is 19.8 Å². The first-order valence-corrected chi connectivity index (χ1v) is 8.25. The van der Waals surface area contributed by atoms with Crippen LogP contribution < -0.4 is 5.32 Å². The third kappa shape index (κ3) is 3.89. The fourth-order valence-electron chi connectivity index (χ4n) is 2.77. The van der Waals surface area contributed by atoms with Gasteiger partial charge in [-0.15, -0.1) is 0 Å². The summed E-state index contributed by atoms with van der Waals surface area (Å²) < 4.78 is 0. The van der Waals surface area contributed by atoms with Crippen LogP contribution in [0.4, 0.5) is 5.82 Å². The fraction of sp³-hybridized carbons (Fsp3) is 0.389. The van der Waals surface area contributed by atoms with E-state index in [1.807, 2.05) is 23.1 Å². The molecule has 1 aromatic heterocycles. The Hall–Kier alpha value is -2.47. The van der Waals surface area contributed by atoms with Gasteiger partial charge in [-0.3, -0.25) is 4.79 Å². The Morgan fingerprint density at radius 1 is 1.12 bits per heavy atom. The highest BCUT2D eigenvalue weighted by Crippen LogP contribution is 2.18. The van der Waals surface area contributed by atoms with Crippen LogP contribution in [0.1, 0.15) is 29.0 Å². The SMILES string of the molecule is CC(Nc1cc(C(=O)N2CCN(C)CC2)ncn1)c1ccccc1. The molecule has 1 atom stereocenters. The van der Waals surface area contributed by atoms with Crippen LogP contribution in [0, 0.1) is 0 Å². The van der Waals surface area contributed by atoms with E-state index in [4.69, 9.17) is 0 Å². The average Bonchev–Trinajstić information content (AvgIpc) is 2.63. The molecule has 1 amide bonds. The Morgan fingerprint density at radius 2 is 1.83 bits per heavy atom. The summed E-state index contributed by atoms with van der Waals surface area (Å²) in [5, 5.41) is 3.33. The molecule has 0 bridgehead atoms. The smallest absolute Gasteiger partial charge is 0.272 e. The van der Waals surface area contributed by atoms with Crippen molar-refractivity contribution < 1.29 is 4.79 Å². The molecule has 6 nitrogen and oxygen atoms in total. The molecule has 1 aliphatic rings. The third-order valence-corrected chi connectivity index (χ3v) is 4.34. The van der Waals surface area contributed by atoms with Gasteiger partial charge in [0, 0.05) is 38.3 Å². The molecule has 2 aromatic rings. The molecule has 1 N–H and O–H groups in total. The second-order valence-electron chi connectivity index (χ2n) is 6.16. The van der Waals surface area contributed by atoms with Crippen molar-refractivity contribution in [3.63, 3.8) is 0 Å². The number of aromatic nitrogens is 2. The first-order chi connectivity index (χ1) is 11.6. The molecule has 1 fully saturated rings. The Morgan fingerprint density at radius 3 is 2.54 bits per heavy atom. The Labute approximate surface area is 142 Å². The van der Waals surface area contributed by atoms with E-state index in [0.717, 1.165) is 26.2 Å². The summed E-state index contributed by atoms with van der Waals surface area (Å²) >= 11 is 0. The molecule has 6 heteroatoms. The molecule has 1 unspecified atom stereocenters. The van der Waals surface area contributed by atoms with Crippen LogP contribution in [-0.4, -0.2) is 58.9 Å². The van der Waals surface area contributed by atoms with Gasteiger partial charge < -0.3 is 15.1 Å². The lowest BCUT2D eigenvalue weighted by molar-refractivity contribution is 0.0658. The number of carbonyl (C=O) groups is 1. The van der Waals surface area contributed by atoms with Crippen molar-refractivity contribution >= 4 is 11.7 Å². The third-order valence-electron chi connectivity index (χ3n) is 4.34. The maximum atomic E-state index is 12.6. The first kappa shape index (κ1) is 16.4. The van der Waals surface area contributed by atoms with Crippen LogP contribution in [0.2, 0.25) is 0 Å². The van der Waals surface area contributed by atoms with E-state index >= 15 is 0 Å². The quantitative estimate of drug-likeness (QED) is 0.932. The lowest BCUT2D eigenvalue weighted by Gasteiger charge is -2.32. The standard InChI is InChI=1S/C18H23N5O/c1-14(15-6-4-3-5-7-15)21-17-12-16(19-13-20-17)18(24)23-10-8-22(2)9-11-23/h3-7,12-14H,8-11H2,1-2H3,(H,19,20,21). The molecule has 0 spiro atoms. The number of benzene rings is 1. The molecular weight excluding hydrogens is 302 g/mol. The minimum absolute atomic E-state index is 0.0269. The molecule has 1 saturated heterocycles. The topological polar surface area (TPSA) is 61.4 Å². The van der Waals surface area contributed by atoms with E-state index in [9.17, 15) is 4.79 Å². The van der Waals surface area contributed by atoms with E-state index in [0.29, 0.717) is 11.5 Å². The molecular formula is C18H23N5O. The van der Waals surface area contributed by atoms with Gasteiger partial charge in [-0.1, -0.05) is 30.3 Å². The van der Waals surface area contributed by atoms with E-state index in [2.05, 4.69) is 46.3 Å². The number of anilines is 1. The predicted molar refractivity (Wildman–Crippen MR) is 93.9 cm³/mol. The van der Waals surface area contributed by atoms with Crippen molar-refractivity contribution in [2.24, 2.45) is 0 Å². The number of likely N-dealkylation sites (N-methyl/N-ethyl adjacent to an activating group) is 1. The lowest BCUT2D eigenvalue weighted by Crippen LogP contribution is -2.47. The molecule has 24 heavy (non-hydrogen) atoms. The summed E-state index contributed by atoms with van der Waals surface area (Å²) in [4.78, 5) is 25.1. The van der Waals surface area contributed by atoms with E-state index < -0.39 is 0 Å². The van der Waals surface area contributed by atoms with Gasteiger partial charge >= 0.3 is 0 Å². The predicted octanol–water partition coefficient (Wildman–Crippen LogP) is 2.04. The summed E-state index contributed by atoms with van der Waals surface area (Å²) in [5.41, 5.74) is 1.61. The van der Waals surface area contributed by atoms with Crippen molar-refractivity contribution in [2.45, 2.75) is 13.0 Å². The zero-order valence-corrected chi connectivity index (χ0v) is 14.1. The number of carbonyl (C=O) groups excluding carboxylic acids is 1.